The molecular formula is C12H24NaO9P2+. The van der Waals surface area contributed by atoms with Gasteiger partial charge in [0.15, 0.2) is 6.61 Å². The fourth-order valence-corrected chi connectivity index (χ4v) is 4.28. The van der Waals surface area contributed by atoms with Crippen molar-refractivity contribution in [3.63, 3.8) is 0 Å². The van der Waals surface area contributed by atoms with Gasteiger partial charge in [0.1, 0.15) is 6.10 Å². The SMILES string of the molecule is CC(C)[C@@H]1CC[C@@H](C)C[C@H]1OC(=O)COP(=O)(O)OP(=O)(O)O.[Na+]. The van der Waals surface area contributed by atoms with Gasteiger partial charge in [0.05, 0.1) is 0 Å². The molecule has 136 valence electrons. The Morgan fingerprint density at radius 3 is 2.29 bits per heavy atom. The van der Waals surface area contributed by atoms with E-state index in [0.717, 1.165) is 12.8 Å². The number of rotatable bonds is 7. The van der Waals surface area contributed by atoms with E-state index in [-0.39, 0.29) is 41.6 Å². The molecule has 0 aromatic rings. The maximum atomic E-state index is 11.8. The summed E-state index contributed by atoms with van der Waals surface area (Å²) in [6.07, 6.45) is 2.37. The molecule has 3 N–H and O–H groups in total. The zero-order chi connectivity index (χ0) is 17.8. The molecule has 1 unspecified atom stereocenters. The largest absolute Gasteiger partial charge is 1.00 e. The van der Waals surface area contributed by atoms with E-state index in [0.29, 0.717) is 18.3 Å². The van der Waals surface area contributed by atoms with Crippen LogP contribution in [0.15, 0.2) is 0 Å². The molecule has 12 heteroatoms. The van der Waals surface area contributed by atoms with E-state index in [1.54, 1.807) is 0 Å². The van der Waals surface area contributed by atoms with Crippen molar-refractivity contribution < 1.29 is 71.7 Å². The summed E-state index contributed by atoms with van der Waals surface area (Å²) in [5.74, 6) is 0.0505. The Labute approximate surface area is 163 Å². The van der Waals surface area contributed by atoms with Crippen LogP contribution in [-0.2, 0) is 27.5 Å². The smallest absolute Gasteiger partial charge is 0.460 e. The van der Waals surface area contributed by atoms with E-state index >= 15 is 0 Å². The molecule has 4 atom stereocenters. The predicted octanol–water partition coefficient (Wildman–Crippen LogP) is -0.779. The van der Waals surface area contributed by atoms with Crippen LogP contribution in [0.3, 0.4) is 0 Å². The normalized spacial score (nSPS) is 27.2. The monoisotopic (exact) mass is 397 g/mol. The first kappa shape index (κ1) is 24.7. The van der Waals surface area contributed by atoms with Gasteiger partial charge in [0.2, 0.25) is 0 Å². The van der Waals surface area contributed by atoms with Crippen LogP contribution in [0.4, 0.5) is 0 Å². The van der Waals surface area contributed by atoms with Crippen molar-refractivity contribution in [3.05, 3.63) is 0 Å². The van der Waals surface area contributed by atoms with E-state index in [2.05, 4.69) is 15.8 Å². The van der Waals surface area contributed by atoms with Crippen molar-refractivity contribution in [2.45, 2.75) is 46.1 Å². The minimum atomic E-state index is -5.20. The first-order valence-corrected chi connectivity index (χ1v) is 10.4. The van der Waals surface area contributed by atoms with E-state index < -0.39 is 28.2 Å². The molecule has 1 aliphatic carbocycles. The zero-order valence-corrected chi connectivity index (χ0v) is 18.1. The van der Waals surface area contributed by atoms with Gasteiger partial charge in [-0.25, -0.2) is 13.9 Å². The maximum Gasteiger partial charge on any atom is 1.00 e. The number of carbonyl (C=O) groups is 1. The van der Waals surface area contributed by atoms with Gasteiger partial charge in [-0.3, -0.25) is 4.52 Å². The molecule has 1 aliphatic rings. The summed E-state index contributed by atoms with van der Waals surface area (Å²) in [4.78, 5) is 37.8. The fraction of sp³-hybridized carbons (Fsp3) is 0.917. The van der Waals surface area contributed by atoms with E-state index in [9.17, 15) is 13.9 Å². The molecule has 1 rings (SSSR count). The van der Waals surface area contributed by atoms with Gasteiger partial charge in [-0.05, 0) is 30.6 Å². The molecule has 0 aromatic carbocycles. The van der Waals surface area contributed by atoms with Gasteiger partial charge in [-0.2, -0.15) is 4.31 Å². The summed E-state index contributed by atoms with van der Waals surface area (Å²) in [6, 6.07) is 0. The Hall–Kier alpha value is 0.730. The summed E-state index contributed by atoms with van der Waals surface area (Å²) < 4.78 is 34.9. The number of esters is 1. The van der Waals surface area contributed by atoms with Gasteiger partial charge in [-0.15, -0.1) is 0 Å². The Morgan fingerprint density at radius 1 is 1.21 bits per heavy atom. The fourth-order valence-electron chi connectivity index (χ4n) is 2.75. The van der Waals surface area contributed by atoms with Gasteiger partial charge >= 0.3 is 51.2 Å². The van der Waals surface area contributed by atoms with Crippen LogP contribution in [0.2, 0.25) is 0 Å². The zero-order valence-electron chi connectivity index (χ0n) is 14.3. The van der Waals surface area contributed by atoms with Crippen LogP contribution >= 0.6 is 15.6 Å². The van der Waals surface area contributed by atoms with Crippen molar-refractivity contribution in [2.24, 2.45) is 17.8 Å². The van der Waals surface area contributed by atoms with Crippen LogP contribution in [0.5, 0.6) is 0 Å². The van der Waals surface area contributed by atoms with E-state index in [1.807, 2.05) is 13.8 Å². The van der Waals surface area contributed by atoms with Crippen LogP contribution in [0, 0.1) is 17.8 Å². The van der Waals surface area contributed by atoms with Crippen LogP contribution in [-0.4, -0.2) is 33.4 Å². The number of hydrogen-bond donors (Lipinski definition) is 3. The number of phosphoric acid groups is 2. The maximum absolute atomic E-state index is 11.8. The number of carbonyl (C=O) groups excluding carboxylic acids is 1. The first-order chi connectivity index (χ1) is 10.4. The second-order valence-corrected chi connectivity index (χ2v) is 9.00. The number of phosphoric ester groups is 1. The van der Waals surface area contributed by atoms with Crippen molar-refractivity contribution >= 4 is 21.6 Å². The molecular weight excluding hydrogens is 373 g/mol. The van der Waals surface area contributed by atoms with Crippen molar-refractivity contribution in [1.29, 1.82) is 0 Å². The molecule has 0 amide bonds. The molecule has 1 fully saturated rings. The van der Waals surface area contributed by atoms with Gasteiger partial charge in [0, 0.05) is 0 Å². The van der Waals surface area contributed by atoms with Gasteiger partial charge in [-0.1, -0.05) is 27.2 Å². The molecule has 1 saturated carbocycles. The topological polar surface area (TPSA) is 140 Å². The molecule has 24 heavy (non-hydrogen) atoms. The quantitative estimate of drug-likeness (QED) is 0.287. The molecule has 0 spiro atoms. The Balaban J connectivity index is 0.00000529. The third-order valence-corrected chi connectivity index (χ3v) is 5.93. The summed E-state index contributed by atoms with van der Waals surface area (Å²) in [6.45, 7) is 5.20. The molecule has 0 saturated heterocycles. The molecule has 0 aromatic heterocycles. The Bertz CT molecular complexity index is 507. The van der Waals surface area contributed by atoms with Crippen molar-refractivity contribution in [3.8, 4) is 0 Å². The third-order valence-electron chi connectivity index (χ3n) is 3.80. The molecule has 0 radical (unpaired) electrons. The molecule has 0 aliphatic heterocycles. The van der Waals surface area contributed by atoms with Gasteiger partial charge < -0.3 is 19.4 Å². The average Bonchev–Trinajstić information content (AvgIpc) is 2.33. The Morgan fingerprint density at radius 2 is 1.79 bits per heavy atom. The third kappa shape index (κ3) is 9.43. The molecule has 0 heterocycles. The van der Waals surface area contributed by atoms with Crippen molar-refractivity contribution in [2.75, 3.05) is 6.61 Å². The number of hydrogen-bond acceptors (Lipinski definition) is 6. The van der Waals surface area contributed by atoms with Crippen molar-refractivity contribution in [1.82, 2.24) is 0 Å². The summed E-state index contributed by atoms with van der Waals surface area (Å²) >= 11 is 0. The van der Waals surface area contributed by atoms with E-state index in [1.165, 1.54) is 0 Å². The first-order valence-electron chi connectivity index (χ1n) is 7.33. The minimum Gasteiger partial charge on any atom is -0.460 e. The standard InChI is InChI=1S/C12H24O9P2.Na/c1-8(2)10-5-4-9(3)6-11(10)20-12(13)7-19-23(17,18)21-22(14,15)16;/h8-11H,4-7H2,1-3H3,(H,17,18)(H2,14,15,16);/q;+1/t9-,10+,11-;/m1./s1. The van der Waals surface area contributed by atoms with Gasteiger partial charge in [0.25, 0.3) is 0 Å². The second kappa shape index (κ2) is 10.2. The van der Waals surface area contributed by atoms with Crippen LogP contribution in [0.1, 0.15) is 40.0 Å². The minimum absolute atomic E-state index is 0. The van der Waals surface area contributed by atoms with Crippen LogP contribution < -0.4 is 29.6 Å². The molecule has 0 bridgehead atoms. The van der Waals surface area contributed by atoms with E-state index in [4.69, 9.17) is 19.4 Å². The second-order valence-electron chi connectivity index (χ2n) is 6.17. The summed E-state index contributed by atoms with van der Waals surface area (Å²) in [7, 11) is -10.2. The average molecular weight is 397 g/mol. The summed E-state index contributed by atoms with van der Waals surface area (Å²) in [5, 5.41) is 0. The number of ether oxygens (including phenoxy) is 1. The Kier molecular flexibility index (Phi) is 10.5. The summed E-state index contributed by atoms with van der Waals surface area (Å²) in [5.41, 5.74) is 0. The van der Waals surface area contributed by atoms with Crippen LogP contribution in [0.25, 0.3) is 0 Å². The molecule has 9 nitrogen and oxygen atoms in total. The predicted molar refractivity (Wildman–Crippen MR) is 80.1 cm³/mol.